The van der Waals surface area contributed by atoms with E-state index in [-0.39, 0.29) is 18.6 Å². The van der Waals surface area contributed by atoms with Gasteiger partial charge in [0.15, 0.2) is 5.65 Å². The van der Waals surface area contributed by atoms with Crippen LogP contribution in [0.25, 0.3) is 5.65 Å². The van der Waals surface area contributed by atoms with E-state index < -0.39 is 0 Å². The number of nitrogens with one attached hydrogen (secondary N) is 2. The first kappa shape index (κ1) is 19.6. The van der Waals surface area contributed by atoms with Gasteiger partial charge in [0.2, 0.25) is 0 Å². The van der Waals surface area contributed by atoms with Gasteiger partial charge in [-0.15, -0.1) is 0 Å². The monoisotopic (exact) mass is 431 g/mol. The normalized spacial score (nSPS) is 20.9. The highest BCUT2D eigenvalue weighted by molar-refractivity contribution is 9.10. The number of allylic oxidation sites excluding steroid dienone is 4. The summed E-state index contributed by atoms with van der Waals surface area (Å²) >= 11 is 3.53. The Morgan fingerprint density at radius 2 is 2.26 bits per heavy atom. The lowest BCUT2D eigenvalue weighted by Gasteiger charge is -2.31. The summed E-state index contributed by atoms with van der Waals surface area (Å²) in [6.07, 6.45) is 13.7. The quantitative estimate of drug-likeness (QED) is 0.562. The van der Waals surface area contributed by atoms with E-state index >= 15 is 0 Å². The first-order valence-corrected chi connectivity index (χ1v) is 10.1. The molecule has 0 unspecified atom stereocenters. The topological polar surface area (TPSA) is 74.5 Å². The molecule has 0 saturated heterocycles. The molecule has 0 spiro atoms. The number of hydrogen-bond acceptors (Lipinski definition) is 5. The highest BCUT2D eigenvalue weighted by atomic mass is 79.9. The maximum absolute atomic E-state index is 9.69. The molecule has 27 heavy (non-hydrogen) atoms. The van der Waals surface area contributed by atoms with Crippen LogP contribution in [0.2, 0.25) is 0 Å². The number of aromatic nitrogens is 3. The van der Waals surface area contributed by atoms with Crippen molar-refractivity contribution in [2.24, 2.45) is 5.92 Å². The standard InChI is InChI=1S/C20H26BrN5O/c1-3-5-9-15(4-2)23-19-11-18(25-20-16(21)12-22-26(19)20)24-17-10-7-6-8-14(17)13-27/h3-5,9,11-12,14,17,23,27H,1,6-8,10,13H2,2H3,(H,24,25)/b9-5-,15-4+/t14-,17-/m1/s1. The molecule has 0 bridgehead atoms. The van der Waals surface area contributed by atoms with Crippen molar-refractivity contribution in [2.45, 2.75) is 38.6 Å². The van der Waals surface area contributed by atoms with E-state index in [4.69, 9.17) is 4.98 Å². The molecular weight excluding hydrogens is 406 g/mol. The van der Waals surface area contributed by atoms with Crippen LogP contribution in [-0.2, 0) is 0 Å². The van der Waals surface area contributed by atoms with Crippen LogP contribution in [0.3, 0.4) is 0 Å². The lowest BCUT2D eigenvalue weighted by atomic mass is 9.85. The molecule has 2 aromatic rings. The number of aliphatic hydroxyl groups is 1. The number of rotatable bonds is 7. The molecule has 1 fully saturated rings. The van der Waals surface area contributed by atoms with E-state index in [0.29, 0.717) is 0 Å². The molecule has 0 aromatic carbocycles. The van der Waals surface area contributed by atoms with Gasteiger partial charge in [-0.2, -0.15) is 9.61 Å². The van der Waals surface area contributed by atoms with Gasteiger partial charge < -0.3 is 15.7 Å². The van der Waals surface area contributed by atoms with Crippen molar-refractivity contribution in [1.29, 1.82) is 0 Å². The largest absolute Gasteiger partial charge is 0.396 e. The molecule has 1 saturated carbocycles. The zero-order valence-corrected chi connectivity index (χ0v) is 17.1. The van der Waals surface area contributed by atoms with Crippen LogP contribution < -0.4 is 10.6 Å². The summed E-state index contributed by atoms with van der Waals surface area (Å²) in [7, 11) is 0. The summed E-state index contributed by atoms with van der Waals surface area (Å²) in [5.41, 5.74) is 1.67. The minimum atomic E-state index is 0.205. The van der Waals surface area contributed by atoms with E-state index in [1.54, 1.807) is 16.8 Å². The minimum Gasteiger partial charge on any atom is -0.396 e. The highest BCUT2D eigenvalue weighted by Gasteiger charge is 2.25. The fourth-order valence-electron chi connectivity index (χ4n) is 3.43. The molecule has 1 aliphatic rings. The summed E-state index contributed by atoms with van der Waals surface area (Å²) in [6, 6.07) is 2.19. The van der Waals surface area contributed by atoms with Gasteiger partial charge in [-0.05, 0) is 41.8 Å². The zero-order chi connectivity index (χ0) is 19.2. The van der Waals surface area contributed by atoms with E-state index in [1.165, 1.54) is 12.8 Å². The van der Waals surface area contributed by atoms with Gasteiger partial charge in [-0.1, -0.05) is 37.6 Å². The molecule has 2 aromatic heterocycles. The van der Waals surface area contributed by atoms with Crippen LogP contribution in [0.1, 0.15) is 32.6 Å². The Morgan fingerprint density at radius 1 is 1.44 bits per heavy atom. The van der Waals surface area contributed by atoms with Crippen molar-refractivity contribution in [1.82, 2.24) is 14.6 Å². The second-order valence-electron chi connectivity index (χ2n) is 6.70. The molecule has 0 radical (unpaired) electrons. The average molecular weight is 432 g/mol. The summed E-state index contributed by atoms with van der Waals surface area (Å²) in [4.78, 5) is 4.72. The van der Waals surface area contributed by atoms with Crippen molar-refractivity contribution < 1.29 is 5.11 Å². The van der Waals surface area contributed by atoms with E-state index in [1.807, 2.05) is 31.2 Å². The lowest BCUT2D eigenvalue weighted by molar-refractivity contribution is 0.178. The highest BCUT2D eigenvalue weighted by Crippen LogP contribution is 2.29. The van der Waals surface area contributed by atoms with Crippen LogP contribution in [-0.4, -0.2) is 32.4 Å². The molecule has 2 heterocycles. The van der Waals surface area contributed by atoms with Gasteiger partial charge in [0.1, 0.15) is 11.6 Å². The second-order valence-corrected chi connectivity index (χ2v) is 7.55. The predicted molar refractivity (Wildman–Crippen MR) is 114 cm³/mol. The van der Waals surface area contributed by atoms with E-state index in [2.05, 4.69) is 38.2 Å². The first-order valence-electron chi connectivity index (χ1n) is 9.30. The Balaban J connectivity index is 1.93. The second kappa shape index (κ2) is 9.19. The Bertz CT molecular complexity index is 857. The molecule has 7 heteroatoms. The van der Waals surface area contributed by atoms with Gasteiger partial charge in [0, 0.05) is 30.3 Å². The van der Waals surface area contributed by atoms with Crippen LogP contribution in [0.4, 0.5) is 11.6 Å². The number of anilines is 2. The Labute approximate surface area is 168 Å². The fourth-order valence-corrected chi connectivity index (χ4v) is 3.78. The SMILES string of the molecule is C=C/C=C\C(=C/C)Nc1cc(N[C@@H]2CCCC[C@@H]2CO)nc2c(Br)cnn12. The van der Waals surface area contributed by atoms with Gasteiger partial charge >= 0.3 is 0 Å². The Morgan fingerprint density at radius 3 is 3.00 bits per heavy atom. The smallest absolute Gasteiger partial charge is 0.173 e. The summed E-state index contributed by atoms with van der Waals surface area (Å²) < 4.78 is 2.60. The van der Waals surface area contributed by atoms with Crippen molar-refractivity contribution in [2.75, 3.05) is 17.2 Å². The van der Waals surface area contributed by atoms with Crippen LogP contribution in [0, 0.1) is 5.92 Å². The number of fused-ring (bicyclic) bond motifs is 1. The summed E-state index contributed by atoms with van der Waals surface area (Å²) in [5, 5.41) is 21.0. The molecule has 3 rings (SSSR count). The lowest BCUT2D eigenvalue weighted by Crippen LogP contribution is -2.34. The third-order valence-corrected chi connectivity index (χ3v) is 5.46. The minimum absolute atomic E-state index is 0.205. The van der Waals surface area contributed by atoms with Gasteiger partial charge in [-0.25, -0.2) is 4.98 Å². The molecule has 3 N–H and O–H groups in total. The Hall–Kier alpha value is -2.12. The average Bonchev–Trinajstić information content (AvgIpc) is 3.06. The predicted octanol–water partition coefficient (Wildman–Crippen LogP) is 4.51. The fraction of sp³-hybridized carbons (Fsp3) is 0.400. The van der Waals surface area contributed by atoms with Crippen molar-refractivity contribution >= 4 is 33.2 Å². The zero-order valence-electron chi connectivity index (χ0n) is 15.5. The number of halogens is 1. The van der Waals surface area contributed by atoms with Crippen molar-refractivity contribution in [3.8, 4) is 0 Å². The van der Waals surface area contributed by atoms with Gasteiger partial charge in [0.25, 0.3) is 0 Å². The van der Waals surface area contributed by atoms with Gasteiger partial charge in [-0.3, -0.25) is 0 Å². The molecule has 0 aliphatic heterocycles. The molecule has 0 amide bonds. The van der Waals surface area contributed by atoms with Crippen LogP contribution >= 0.6 is 15.9 Å². The summed E-state index contributed by atoms with van der Waals surface area (Å²) in [5.74, 6) is 1.86. The number of nitrogens with zero attached hydrogens (tertiary/aromatic N) is 3. The molecule has 2 atom stereocenters. The molecule has 6 nitrogen and oxygen atoms in total. The molecule has 1 aliphatic carbocycles. The maximum Gasteiger partial charge on any atom is 0.173 e. The summed E-state index contributed by atoms with van der Waals surface area (Å²) in [6.45, 7) is 5.89. The van der Waals surface area contributed by atoms with Gasteiger partial charge in [0.05, 0.1) is 10.7 Å². The first-order chi connectivity index (χ1) is 13.2. The van der Waals surface area contributed by atoms with Crippen molar-refractivity contribution in [3.05, 3.63) is 53.3 Å². The third kappa shape index (κ3) is 4.59. The number of aliphatic hydroxyl groups excluding tert-OH is 1. The van der Waals surface area contributed by atoms with Crippen LogP contribution in [0.5, 0.6) is 0 Å². The van der Waals surface area contributed by atoms with E-state index in [0.717, 1.165) is 40.3 Å². The molecule has 144 valence electrons. The third-order valence-electron chi connectivity index (χ3n) is 4.90. The molecular formula is C20H26BrN5O. The number of hydrogen-bond donors (Lipinski definition) is 3. The van der Waals surface area contributed by atoms with E-state index in [9.17, 15) is 5.11 Å². The maximum atomic E-state index is 9.69. The van der Waals surface area contributed by atoms with Crippen LogP contribution in [0.15, 0.2) is 53.3 Å². The Kier molecular flexibility index (Phi) is 6.68. The van der Waals surface area contributed by atoms with Crippen molar-refractivity contribution in [3.63, 3.8) is 0 Å².